The fourth-order valence-corrected chi connectivity index (χ4v) is 3.67. The number of hydrogen-bond acceptors (Lipinski definition) is 6. The summed E-state index contributed by atoms with van der Waals surface area (Å²) in [5.41, 5.74) is 0.388. The molecule has 8 heteroatoms. The lowest BCUT2D eigenvalue weighted by Crippen LogP contribution is -2.43. The molecule has 0 spiro atoms. The standard InChI is InChI=1S/C17H19N3O4S/c21-17(13-3-5-14(6-4-13)20(22)23)18-12-15(16-2-1-11-25-16)19-7-9-24-10-8-19/h1-6,11,15H,7-10,12H2,(H,18,21)/t15-/m1/s1. The van der Waals surface area contributed by atoms with Gasteiger partial charge in [0.15, 0.2) is 0 Å². The van der Waals surface area contributed by atoms with Gasteiger partial charge < -0.3 is 10.1 Å². The average molecular weight is 361 g/mol. The highest BCUT2D eigenvalue weighted by molar-refractivity contribution is 7.10. The third-order valence-corrected chi connectivity index (χ3v) is 5.13. The molecule has 1 saturated heterocycles. The molecule has 1 atom stereocenters. The number of morpholine rings is 1. The van der Waals surface area contributed by atoms with Gasteiger partial charge in [0.25, 0.3) is 11.6 Å². The molecule has 2 heterocycles. The van der Waals surface area contributed by atoms with E-state index in [2.05, 4.69) is 16.3 Å². The first-order valence-electron chi connectivity index (χ1n) is 8.03. The number of benzene rings is 1. The number of carbonyl (C=O) groups is 1. The Balaban J connectivity index is 1.65. The molecule has 1 amide bonds. The van der Waals surface area contributed by atoms with Crippen molar-refractivity contribution in [2.45, 2.75) is 6.04 Å². The fourth-order valence-electron chi connectivity index (χ4n) is 2.81. The monoisotopic (exact) mass is 361 g/mol. The molecule has 7 nitrogen and oxygen atoms in total. The Hall–Kier alpha value is -2.29. The molecule has 1 N–H and O–H groups in total. The lowest BCUT2D eigenvalue weighted by atomic mass is 10.1. The van der Waals surface area contributed by atoms with Crippen LogP contribution in [0.4, 0.5) is 5.69 Å². The van der Waals surface area contributed by atoms with Crippen LogP contribution in [0, 0.1) is 10.1 Å². The van der Waals surface area contributed by atoms with Crippen molar-refractivity contribution >= 4 is 22.9 Å². The Bertz CT molecular complexity index is 712. The maximum absolute atomic E-state index is 12.4. The number of nitrogens with zero attached hydrogens (tertiary/aromatic N) is 2. The molecule has 25 heavy (non-hydrogen) atoms. The number of thiophene rings is 1. The summed E-state index contributed by atoms with van der Waals surface area (Å²) in [4.78, 5) is 26.1. The zero-order chi connectivity index (χ0) is 17.6. The Morgan fingerprint density at radius 3 is 2.60 bits per heavy atom. The van der Waals surface area contributed by atoms with E-state index in [0.717, 1.165) is 13.1 Å². The Labute approximate surface area is 149 Å². The molecule has 1 aromatic heterocycles. The van der Waals surface area contributed by atoms with Crippen molar-refractivity contribution in [2.24, 2.45) is 0 Å². The van der Waals surface area contributed by atoms with E-state index in [1.165, 1.54) is 29.1 Å². The Morgan fingerprint density at radius 1 is 1.28 bits per heavy atom. The first-order chi connectivity index (χ1) is 12.1. The first kappa shape index (κ1) is 17.5. The van der Waals surface area contributed by atoms with Crippen molar-refractivity contribution in [2.75, 3.05) is 32.8 Å². The van der Waals surface area contributed by atoms with Crippen molar-refractivity contribution in [3.05, 3.63) is 62.3 Å². The number of amides is 1. The maximum atomic E-state index is 12.4. The minimum absolute atomic E-state index is 0.0265. The molecule has 1 aliphatic rings. The molecule has 0 radical (unpaired) electrons. The maximum Gasteiger partial charge on any atom is 0.269 e. The van der Waals surface area contributed by atoms with Gasteiger partial charge in [0.1, 0.15) is 0 Å². The Kier molecular flexibility index (Phi) is 5.75. The molecule has 0 saturated carbocycles. The first-order valence-corrected chi connectivity index (χ1v) is 8.91. The summed E-state index contributed by atoms with van der Waals surface area (Å²) in [5, 5.41) is 15.7. The van der Waals surface area contributed by atoms with Gasteiger partial charge in [-0.2, -0.15) is 0 Å². The quantitative estimate of drug-likeness (QED) is 0.631. The second kappa shape index (κ2) is 8.19. The predicted octanol–water partition coefficient (Wildman–Crippen LogP) is 2.46. The number of hydrogen-bond donors (Lipinski definition) is 1. The number of ether oxygens (including phenoxy) is 1. The number of nitrogens with one attached hydrogen (secondary N) is 1. The second-order valence-electron chi connectivity index (χ2n) is 5.69. The van der Waals surface area contributed by atoms with E-state index in [9.17, 15) is 14.9 Å². The highest BCUT2D eigenvalue weighted by Crippen LogP contribution is 2.25. The molecule has 2 aromatic rings. The van der Waals surface area contributed by atoms with E-state index in [0.29, 0.717) is 25.3 Å². The summed E-state index contributed by atoms with van der Waals surface area (Å²) in [6.45, 7) is 3.53. The smallest absolute Gasteiger partial charge is 0.269 e. The largest absolute Gasteiger partial charge is 0.379 e. The van der Waals surface area contributed by atoms with Crippen LogP contribution in [0.5, 0.6) is 0 Å². The molecule has 0 aliphatic carbocycles. The third-order valence-electron chi connectivity index (χ3n) is 4.15. The zero-order valence-electron chi connectivity index (χ0n) is 13.6. The summed E-state index contributed by atoms with van der Waals surface area (Å²) in [6, 6.07) is 9.81. The number of nitro groups is 1. The van der Waals surface area contributed by atoms with Gasteiger partial charge in [-0.05, 0) is 23.6 Å². The van der Waals surface area contributed by atoms with Gasteiger partial charge in [-0.3, -0.25) is 19.8 Å². The van der Waals surface area contributed by atoms with Crippen molar-refractivity contribution in [1.82, 2.24) is 10.2 Å². The van der Waals surface area contributed by atoms with Gasteiger partial charge in [-0.25, -0.2) is 0 Å². The van der Waals surface area contributed by atoms with Crippen molar-refractivity contribution in [3.8, 4) is 0 Å². The van der Waals surface area contributed by atoms with Crippen LogP contribution in [0.3, 0.4) is 0 Å². The molecule has 1 aromatic carbocycles. The van der Waals surface area contributed by atoms with Crippen molar-refractivity contribution in [1.29, 1.82) is 0 Å². The molecule has 0 bridgehead atoms. The SMILES string of the molecule is O=C(NC[C@H](c1cccs1)N1CCOCC1)c1ccc([N+](=O)[O-])cc1. The van der Waals surface area contributed by atoms with E-state index in [4.69, 9.17) is 4.74 Å². The van der Waals surface area contributed by atoms with Gasteiger partial charge >= 0.3 is 0 Å². The van der Waals surface area contributed by atoms with Gasteiger partial charge in [0.2, 0.25) is 0 Å². The lowest BCUT2D eigenvalue weighted by molar-refractivity contribution is -0.384. The fraction of sp³-hybridized carbons (Fsp3) is 0.353. The normalized spacial score (nSPS) is 16.3. The summed E-state index contributed by atoms with van der Waals surface area (Å²) in [6.07, 6.45) is 0. The molecular weight excluding hydrogens is 342 g/mol. The van der Waals surface area contributed by atoms with Crippen LogP contribution in [0.15, 0.2) is 41.8 Å². The molecular formula is C17H19N3O4S. The highest BCUT2D eigenvalue weighted by Gasteiger charge is 2.24. The van der Waals surface area contributed by atoms with Crippen LogP contribution < -0.4 is 5.32 Å². The molecule has 1 fully saturated rings. The van der Waals surface area contributed by atoms with E-state index in [-0.39, 0.29) is 17.6 Å². The molecule has 1 aliphatic heterocycles. The molecule has 0 unspecified atom stereocenters. The van der Waals surface area contributed by atoms with Crippen molar-refractivity contribution < 1.29 is 14.5 Å². The minimum Gasteiger partial charge on any atom is -0.379 e. The van der Waals surface area contributed by atoms with Crippen molar-refractivity contribution in [3.63, 3.8) is 0 Å². The van der Waals surface area contributed by atoms with E-state index in [1.54, 1.807) is 11.3 Å². The van der Waals surface area contributed by atoms with Crippen LogP contribution in [-0.2, 0) is 4.74 Å². The predicted molar refractivity (Wildman–Crippen MR) is 94.9 cm³/mol. The van der Waals surface area contributed by atoms with Crippen LogP contribution in [0.25, 0.3) is 0 Å². The van der Waals surface area contributed by atoms with E-state index >= 15 is 0 Å². The summed E-state index contributed by atoms with van der Waals surface area (Å²) in [7, 11) is 0. The zero-order valence-corrected chi connectivity index (χ0v) is 14.4. The van der Waals surface area contributed by atoms with Gasteiger partial charge in [0, 0.05) is 42.2 Å². The second-order valence-corrected chi connectivity index (χ2v) is 6.67. The van der Waals surface area contributed by atoms with Crippen LogP contribution in [0.1, 0.15) is 21.3 Å². The Morgan fingerprint density at radius 2 is 2.00 bits per heavy atom. The molecule has 132 valence electrons. The van der Waals surface area contributed by atoms with Crippen LogP contribution in [-0.4, -0.2) is 48.6 Å². The molecule has 3 rings (SSSR count). The third kappa shape index (κ3) is 4.41. The number of rotatable bonds is 6. The van der Waals surface area contributed by atoms with Gasteiger partial charge in [-0.15, -0.1) is 11.3 Å². The lowest BCUT2D eigenvalue weighted by Gasteiger charge is -2.34. The summed E-state index contributed by atoms with van der Waals surface area (Å²) < 4.78 is 5.41. The van der Waals surface area contributed by atoms with E-state index < -0.39 is 4.92 Å². The number of nitro benzene ring substituents is 1. The van der Waals surface area contributed by atoms with Crippen LogP contribution >= 0.6 is 11.3 Å². The average Bonchev–Trinajstić information content (AvgIpc) is 3.17. The summed E-state index contributed by atoms with van der Waals surface area (Å²) in [5.74, 6) is -0.232. The summed E-state index contributed by atoms with van der Waals surface area (Å²) >= 11 is 1.67. The van der Waals surface area contributed by atoms with Crippen LogP contribution in [0.2, 0.25) is 0 Å². The number of non-ortho nitro benzene ring substituents is 1. The highest BCUT2D eigenvalue weighted by atomic mass is 32.1. The topological polar surface area (TPSA) is 84.7 Å². The number of carbonyl (C=O) groups excluding carboxylic acids is 1. The van der Waals surface area contributed by atoms with Gasteiger partial charge in [-0.1, -0.05) is 6.07 Å². The van der Waals surface area contributed by atoms with E-state index in [1.807, 2.05) is 11.4 Å². The van der Waals surface area contributed by atoms with Gasteiger partial charge in [0.05, 0.1) is 24.2 Å². The minimum atomic E-state index is -0.479.